The van der Waals surface area contributed by atoms with Gasteiger partial charge >= 0.3 is 26.2 Å². The molecule has 0 nitrogen and oxygen atoms in total. The molecule has 4 atom stereocenters. The van der Waals surface area contributed by atoms with Crippen LogP contribution in [-0.2, 0) is 26.2 Å². The Bertz CT molecular complexity index is 758. The van der Waals surface area contributed by atoms with Gasteiger partial charge in [-0.05, 0) is 0 Å². The average Bonchev–Trinajstić information content (AvgIpc) is 3.21. The molecular formula is C26H34Cl2SiZr. The van der Waals surface area contributed by atoms with E-state index in [2.05, 4.69) is 108 Å². The molecule has 0 N–H and O–H groups in total. The molecule has 3 aromatic carbocycles. The molecule has 1 aliphatic rings. The van der Waals surface area contributed by atoms with Crippen LogP contribution in [0.4, 0.5) is 0 Å². The predicted molar refractivity (Wildman–Crippen MR) is 123 cm³/mol. The van der Waals surface area contributed by atoms with Crippen LogP contribution in [0.1, 0.15) is 27.7 Å². The van der Waals surface area contributed by atoms with Crippen LogP contribution in [0.25, 0.3) is 21.9 Å². The van der Waals surface area contributed by atoms with Gasteiger partial charge in [-0.2, -0.15) is 11.8 Å². The summed E-state index contributed by atoms with van der Waals surface area (Å²) in [7, 11) is 1.08. The van der Waals surface area contributed by atoms with E-state index in [4.69, 9.17) is 0 Å². The monoisotopic (exact) mass is 534 g/mol. The van der Waals surface area contributed by atoms with E-state index in [1.54, 1.807) is 0 Å². The van der Waals surface area contributed by atoms with Crippen molar-refractivity contribution in [2.24, 2.45) is 23.7 Å². The fraction of sp³-hybridized carbons (Fsp3) is 0.385. The largest absolute Gasteiger partial charge is 4.00 e. The van der Waals surface area contributed by atoms with Crippen LogP contribution in [0.2, 0.25) is 13.1 Å². The van der Waals surface area contributed by atoms with Gasteiger partial charge in [0.1, 0.15) is 0 Å². The van der Waals surface area contributed by atoms with Crippen molar-refractivity contribution in [1.29, 1.82) is 0 Å². The van der Waals surface area contributed by atoms with Crippen LogP contribution in [-0.4, -0.2) is 9.52 Å². The number of fused-ring (bicyclic) bond motifs is 1. The number of hydrogen-bond donors (Lipinski definition) is 0. The molecule has 0 heterocycles. The third kappa shape index (κ3) is 9.07. The number of benzene rings is 2. The maximum Gasteiger partial charge on any atom is 4.00 e. The third-order valence-corrected chi connectivity index (χ3v) is 5.82. The van der Waals surface area contributed by atoms with Crippen LogP contribution in [0.15, 0.2) is 66.7 Å². The van der Waals surface area contributed by atoms with E-state index in [1.165, 1.54) is 21.9 Å². The van der Waals surface area contributed by atoms with Crippen molar-refractivity contribution >= 4 is 20.3 Å². The van der Waals surface area contributed by atoms with E-state index in [0.717, 1.165) is 33.2 Å². The summed E-state index contributed by atoms with van der Waals surface area (Å²) in [4.78, 5) is 0. The molecule has 0 bridgehead atoms. The SMILES string of the molecule is CC1[CH-]C(C)C(C)C1C.C[Si]C.[Cl-].[Cl-].[Zr+4].c1ccc(-c2cc3ccccc3[cH-]2)cc1. The van der Waals surface area contributed by atoms with Crippen LogP contribution in [0, 0.1) is 30.1 Å². The molecule has 2 radical (unpaired) electrons. The Kier molecular flexibility index (Phi) is 17.4. The first-order chi connectivity index (χ1) is 13.0. The Labute approximate surface area is 218 Å². The first-order valence-corrected chi connectivity index (χ1v) is 12.1. The Hall–Kier alpha value is -0.270. The van der Waals surface area contributed by atoms with Crippen molar-refractivity contribution in [3.8, 4) is 11.1 Å². The molecule has 30 heavy (non-hydrogen) atoms. The Balaban J connectivity index is 0. The summed E-state index contributed by atoms with van der Waals surface area (Å²) in [5.41, 5.74) is 2.59. The molecule has 0 aliphatic heterocycles. The van der Waals surface area contributed by atoms with Crippen LogP contribution >= 0.6 is 0 Å². The van der Waals surface area contributed by atoms with Gasteiger partial charge in [0.15, 0.2) is 0 Å². The Morgan fingerprint density at radius 3 is 1.63 bits per heavy atom. The van der Waals surface area contributed by atoms with Gasteiger partial charge in [0.2, 0.25) is 0 Å². The smallest absolute Gasteiger partial charge is 1.00 e. The molecule has 1 aliphatic carbocycles. The summed E-state index contributed by atoms with van der Waals surface area (Å²) in [6.07, 6.45) is 2.48. The molecule has 0 saturated heterocycles. The zero-order chi connectivity index (χ0) is 19.8. The third-order valence-electron chi connectivity index (χ3n) is 5.82. The van der Waals surface area contributed by atoms with Crippen LogP contribution < -0.4 is 24.8 Å². The normalized spacial score (nSPS) is 21.5. The average molecular weight is 537 g/mol. The van der Waals surface area contributed by atoms with E-state index >= 15 is 0 Å². The van der Waals surface area contributed by atoms with Gasteiger partial charge in [0, 0.05) is 9.52 Å². The summed E-state index contributed by atoms with van der Waals surface area (Å²) in [6.45, 7) is 13.7. The maximum atomic E-state index is 2.48. The fourth-order valence-electron chi connectivity index (χ4n) is 3.73. The Morgan fingerprint density at radius 1 is 0.733 bits per heavy atom. The summed E-state index contributed by atoms with van der Waals surface area (Å²) < 4.78 is 0. The maximum absolute atomic E-state index is 2.48. The topological polar surface area (TPSA) is 0 Å². The molecule has 1 saturated carbocycles. The van der Waals surface area contributed by atoms with Gasteiger partial charge in [-0.15, -0.1) is 34.5 Å². The summed E-state index contributed by atoms with van der Waals surface area (Å²) >= 11 is 0. The van der Waals surface area contributed by atoms with Crippen LogP contribution in [0.3, 0.4) is 0 Å². The Morgan fingerprint density at radius 2 is 1.20 bits per heavy atom. The molecule has 4 unspecified atom stereocenters. The van der Waals surface area contributed by atoms with E-state index in [0.29, 0.717) is 0 Å². The van der Waals surface area contributed by atoms with Crippen molar-refractivity contribution in [1.82, 2.24) is 0 Å². The van der Waals surface area contributed by atoms with Gasteiger partial charge in [-0.3, -0.25) is 0 Å². The second kappa shape index (κ2) is 16.4. The minimum atomic E-state index is 0. The van der Waals surface area contributed by atoms with E-state index in [1.807, 2.05) is 6.07 Å². The van der Waals surface area contributed by atoms with Crippen molar-refractivity contribution < 1.29 is 51.0 Å². The van der Waals surface area contributed by atoms with E-state index < -0.39 is 0 Å². The predicted octanol–water partition coefficient (Wildman–Crippen LogP) is 1.77. The molecule has 0 amide bonds. The second-order valence-corrected chi connectivity index (χ2v) is 8.87. The minimum Gasteiger partial charge on any atom is -1.00 e. The summed E-state index contributed by atoms with van der Waals surface area (Å²) in [5.74, 6) is 3.49. The molecule has 1 fully saturated rings. The van der Waals surface area contributed by atoms with Crippen molar-refractivity contribution in [2.45, 2.75) is 40.8 Å². The van der Waals surface area contributed by atoms with Gasteiger partial charge in [-0.1, -0.05) is 107 Å². The van der Waals surface area contributed by atoms with Crippen molar-refractivity contribution in [2.75, 3.05) is 0 Å². The first kappa shape index (κ1) is 31.9. The van der Waals surface area contributed by atoms with Crippen molar-refractivity contribution in [3.63, 3.8) is 0 Å². The molecule has 3 aromatic rings. The molecule has 4 heteroatoms. The summed E-state index contributed by atoms with van der Waals surface area (Å²) in [6, 6.07) is 23.4. The zero-order valence-corrected chi connectivity index (χ0v) is 24.0. The van der Waals surface area contributed by atoms with E-state index in [-0.39, 0.29) is 51.0 Å². The molecule has 4 rings (SSSR count). The number of rotatable bonds is 1. The van der Waals surface area contributed by atoms with Crippen molar-refractivity contribution in [3.05, 3.63) is 73.2 Å². The number of halogens is 2. The molecule has 0 aromatic heterocycles. The quantitative estimate of drug-likeness (QED) is 0.329. The fourth-order valence-corrected chi connectivity index (χ4v) is 3.73. The molecule has 160 valence electrons. The van der Waals surface area contributed by atoms with Gasteiger partial charge in [0.05, 0.1) is 0 Å². The first-order valence-electron chi connectivity index (χ1n) is 10.1. The van der Waals surface area contributed by atoms with Gasteiger partial charge in [0.25, 0.3) is 0 Å². The summed E-state index contributed by atoms with van der Waals surface area (Å²) in [5, 5.41) is 2.63. The zero-order valence-electron chi connectivity index (χ0n) is 19.0. The van der Waals surface area contributed by atoms with Gasteiger partial charge in [-0.25, -0.2) is 0 Å². The standard InChI is InChI=1S/C15H11.C9H17.C2H6Si.2ClH.Zr/c1-2-6-12(7-3-1)15-10-13-8-4-5-9-14(13)11-15;1-6-5-7(2)9(4)8(6)3;1-3-2;;;/h1-11H;5-9H,1-4H3;1-2H3;2*1H;/q2*-1;;;;+4/p-2. The van der Waals surface area contributed by atoms with Crippen LogP contribution in [0.5, 0.6) is 0 Å². The number of hydrogen-bond acceptors (Lipinski definition) is 0. The molecular weight excluding hydrogens is 503 g/mol. The minimum absolute atomic E-state index is 0. The second-order valence-electron chi connectivity index (χ2n) is 7.87. The molecule has 0 spiro atoms. The van der Waals surface area contributed by atoms with Gasteiger partial charge < -0.3 is 31.2 Å². The van der Waals surface area contributed by atoms with E-state index in [9.17, 15) is 0 Å².